The highest BCUT2D eigenvalue weighted by Crippen LogP contribution is 2.27. The van der Waals surface area contributed by atoms with Crippen LogP contribution < -0.4 is 5.43 Å². The molecule has 0 amide bonds. The zero-order chi connectivity index (χ0) is 12.3. The van der Waals surface area contributed by atoms with E-state index in [1.165, 1.54) is 12.8 Å². The average Bonchev–Trinajstić information content (AvgIpc) is 2.28. The fraction of sp³-hybridized carbons (Fsp3) is 0.571. The van der Waals surface area contributed by atoms with Gasteiger partial charge in [-0.05, 0) is 24.3 Å². The minimum absolute atomic E-state index is 0.0219. The Morgan fingerprint density at radius 2 is 2.29 bits per heavy atom. The Morgan fingerprint density at radius 3 is 3.00 bits per heavy atom. The van der Waals surface area contributed by atoms with Crippen molar-refractivity contribution in [3.05, 3.63) is 29.9 Å². The zero-order valence-electron chi connectivity index (χ0n) is 10.6. The smallest absolute Gasteiger partial charge is 0.130 e. The Balaban J connectivity index is 1.99. The van der Waals surface area contributed by atoms with Crippen LogP contribution in [0.4, 0.5) is 0 Å². The van der Waals surface area contributed by atoms with Gasteiger partial charge in [0, 0.05) is 13.1 Å². The number of hydrogen-bond acceptors (Lipinski definition) is 3. The lowest BCUT2D eigenvalue weighted by molar-refractivity contribution is 0.0672. The van der Waals surface area contributed by atoms with Gasteiger partial charge >= 0.3 is 0 Å². The predicted molar refractivity (Wildman–Crippen MR) is 69.0 cm³/mol. The number of nitrogens with one attached hydrogen (secondary N) is 1. The van der Waals surface area contributed by atoms with Crippen LogP contribution in [0.1, 0.15) is 26.7 Å². The summed E-state index contributed by atoms with van der Waals surface area (Å²) in [5, 5.41) is 2.23. The van der Waals surface area contributed by atoms with Crippen molar-refractivity contribution in [2.45, 2.75) is 32.7 Å². The van der Waals surface area contributed by atoms with E-state index in [1.807, 2.05) is 30.2 Å². The normalized spacial score (nSPS) is 28.1. The number of hydrazine groups is 1. The first-order chi connectivity index (χ1) is 8.11. The fourth-order valence-corrected chi connectivity index (χ4v) is 2.48. The molecule has 0 aromatic heterocycles. The number of nitrogens with zero attached hydrogens (tertiary/aromatic N) is 1. The van der Waals surface area contributed by atoms with Crippen molar-refractivity contribution in [2.24, 2.45) is 5.41 Å². The van der Waals surface area contributed by atoms with Crippen LogP contribution in [0.25, 0.3) is 0 Å². The van der Waals surface area contributed by atoms with Crippen LogP contribution in [0, 0.1) is 5.41 Å². The lowest BCUT2D eigenvalue weighted by atomic mass is 9.85. The molecule has 1 aliphatic carbocycles. The van der Waals surface area contributed by atoms with Gasteiger partial charge in [-0.1, -0.05) is 32.1 Å². The topological polar surface area (TPSA) is 32.3 Å². The number of allylic oxidation sites excluding steroid dienone is 2. The van der Waals surface area contributed by atoms with E-state index in [2.05, 4.69) is 24.3 Å². The molecule has 1 saturated heterocycles. The van der Waals surface area contributed by atoms with Crippen LogP contribution in [-0.2, 0) is 4.79 Å². The molecule has 3 heteroatoms. The van der Waals surface area contributed by atoms with E-state index in [4.69, 9.17) is 0 Å². The summed E-state index contributed by atoms with van der Waals surface area (Å²) in [5.41, 5.74) is 4.44. The third kappa shape index (κ3) is 3.16. The Morgan fingerprint density at radius 1 is 1.47 bits per heavy atom. The maximum atomic E-state index is 10.8. The Kier molecular flexibility index (Phi) is 3.63. The summed E-state index contributed by atoms with van der Waals surface area (Å²) in [6, 6.07) is -0.0219. The van der Waals surface area contributed by atoms with Gasteiger partial charge in [-0.2, -0.15) is 0 Å². The largest absolute Gasteiger partial charge is 0.243 e. The maximum absolute atomic E-state index is 10.8. The molecule has 0 aromatic carbocycles. The summed E-state index contributed by atoms with van der Waals surface area (Å²) < 4.78 is 0. The van der Waals surface area contributed by atoms with Gasteiger partial charge in [0.15, 0.2) is 0 Å². The molecule has 17 heavy (non-hydrogen) atoms. The first-order valence-electron chi connectivity index (χ1n) is 6.22. The summed E-state index contributed by atoms with van der Waals surface area (Å²) in [4.78, 5) is 10.8. The number of rotatable bonds is 2. The van der Waals surface area contributed by atoms with Gasteiger partial charge in [-0.15, -0.1) is 0 Å². The summed E-state index contributed by atoms with van der Waals surface area (Å²) >= 11 is 0. The molecule has 0 radical (unpaired) electrons. The molecule has 1 aliphatic heterocycles. The van der Waals surface area contributed by atoms with Gasteiger partial charge in [0.25, 0.3) is 0 Å². The number of piperidine rings is 1. The van der Waals surface area contributed by atoms with E-state index in [0.29, 0.717) is 11.0 Å². The van der Waals surface area contributed by atoms with Crippen molar-refractivity contribution < 1.29 is 4.79 Å². The van der Waals surface area contributed by atoms with Crippen molar-refractivity contribution in [2.75, 3.05) is 13.1 Å². The highest BCUT2D eigenvalue weighted by Gasteiger charge is 2.27. The molecule has 0 spiro atoms. The molecule has 1 atom stereocenters. The third-order valence-electron chi connectivity index (χ3n) is 3.37. The maximum Gasteiger partial charge on any atom is 0.130 e. The second kappa shape index (κ2) is 5.01. The highest BCUT2D eigenvalue weighted by molar-refractivity contribution is 5.62. The molecule has 1 unspecified atom stereocenters. The Labute approximate surface area is 103 Å². The fourth-order valence-electron chi connectivity index (χ4n) is 2.48. The predicted octanol–water partition coefficient (Wildman–Crippen LogP) is 1.87. The molecular weight excluding hydrogens is 212 g/mol. The zero-order valence-corrected chi connectivity index (χ0v) is 10.6. The van der Waals surface area contributed by atoms with Gasteiger partial charge in [0.1, 0.15) is 5.94 Å². The monoisotopic (exact) mass is 232 g/mol. The molecule has 0 aromatic rings. The molecule has 92 valence electrons. The van der Waals surface area contributed by atoms with Crippen LogP contribution >= 0.6 is 0 Å². The molecule has 1 heterocycles. The van der Waals surface area contributed by atoms with Gasteiger partial charge < -0.3 is 0 Å². The van der Waals surface area contributed by atoms with Gasteiger partial charge in [0.2, 0.25) is 0 Å². The minimum atomic E-state index is -0.0219. The second-order valence-corrected chi connectivity index (χ2v) is 5.60. The SMILES string of the molecule is CC1(C)CCCN(NC2C=CC=CC2=C=O)C1. The van der Waals surface area contributed by atoms with E-state index in [0.717, 1.165) is 13.1 Å². The van der Waals surface area contributed by atoms with Crippen LogP contribution in [0.2, 0.25) is 0 Å². The molecular formula is C14H20N2O. The summed E-state index contributed by atoms with van der Waals surface area (Å²) in [7, 11) is 0. The van der Waals surface area contributed by atoms with Gasteiger partial charge in [-0.25, -0.2) is 15.2 Å². The molecule has 1 N–H and O–H groups in total. The van der Waals surface area contributed by atoms with Crippen molar-refractivity contribution >= 4 is 5.94 Å². The third-order valence-corrected chi connectivity index (χ3v) is 3.37. The van der Waals surface area contributed by atoms with E-state index in [9.17, 15) is 4.79 Å². The first-order valence-corrected chi connectivity index (χ1v) is 6.22. The molecule has 2 rings (SSSR count). The van der Waals surface area contributed by atoms with E-state index < -0.39 is 0 Å². The molecule has 0 bridgehead atoms. The standard InChI is InChI=1S/C14H20N2O/c1-14(2)8-5-9-16(11-14)15-13-7-4-3-6-12(13)10-17/h3-4,6-7,13,15H,5,8-9,11H2,1-2H3. The lowest BCUT2D eigenvalue weighted by Crippen LogP contribution is -2.51. The first kappa shape index (κ1) is 12.3. The number of carbonyl (C=O) groups excluding carboxylic acids is 1. The van der Waals surface area contributed by atoms with Crippen LogP contribution in [-0.4, -0.2) is 30.1 Å². The molecule has 0 saturated carbocycles. The highest BCUT2D eigenvalue weighted by atomic mass is 16.1. The van der Waals surface area contributed by atoms with E-state index in [1.54, 1.807) is 0 Å². The van der Waals surface area contributed by atoms with Crippen LogP contribution in [0.3, 0.4) is 0 Å². The lowest BCUT2D eigenvalue weighted by Gasteiger charge is -2.39. The van der Waals surface area contributed by atoms with Crippen molar-refractivity contribution in [1.82, 2.24) is 10.4 Å². The van der Waals surface area contributed by atoms with Crippen molar-refractivity contribution in [3.63, 3.8) is 0 Å². The van der Waals surface area contributed by atoms with Gasteiger partial charge in [-0.3, -0.25) is 0 Å². The van der Waals surface area contributed by atoms with E-state index in [-0.39, 0.29) is 6.04 Å². The van der Waals surface area contributed by atoms with Crippen LogP contribution in [0.5, 0.6) is 0 Å². The minimum Gasteiger partial charge on any atom is -0.243 e. The summed E-state index contributed by atoms with van der Waals surface area (Å²) in [5.74, 6) is 2.00. The Hall–Kier alpha value is -1.15. The molecule has 3 nitrogen and oxygen atoms in total. The summed E-state index contributed by atoms with van der Waals surface area (Å²) in [6.45, 7) is 6.64. The number of hydrogen-bond donors (Lipinski definition) is 1. The second-order valence-electron chi connectivity index (χ2n) is 5.60. The van der Waals surface area contributed by atoms with Crippen molar-refractivity contribution in [3.8, 4) is 0 Å². The van der Waals surface area contributed by atoms with E-state index >= 15 is 0 Å². The average molecular weight is 232 g/mol. The molecule has 2 aliphatic rings. The quantitative estimate of drug-likeness (QED) is 0.738. The van der Waals surface area contributed by atoms with Crippen LogP contribution in [0.15, 0.2) is 29.9 Å². The van der Waals surface area contributed by atoms with Crippen molar-refractivity contribution in [1.29, 1.82) is 0 Å². The Bertz CT molecular complexity index is 389. The molecule has 1 fully saturated rings. The summed E-state index contributed by atoms with van der Waals surface area (Å²) in [6.07, 6.45) is 10.1. The van der Waals surface area contributed by atoms with Gasteiger partial charge in [0.05, 0.1) is 11.6 Å².